The first-order valence-electron chi connectivity index (χ1n) is 8.65. The van der Waals surface area contributed by atoms with Gasteiger partial charge in [-0.1, -0.05) is 44.2 Å². The Balaban J connectivity index is 0.00000338. The number of benzene rings is 2. The van der Waals surface area contributed by atoms with E-state index in [1.165, 1.54) is 5.56 Å². The minimum absolute atomic E-state index is 0. The van der Waals surface area contributed by atoms with Crippen LogP contribution in [0.1, 0.15) is 25.0 Å². The third kappa shape index (κ3) is 7.21. The predicted molar refractivity (Wildman–Crippen MR) is 120 cm³/mol. The molecule has 2 aromatic carbocycles. The molecular formula is C20H29IN4O. The maximum Gasteiger partial charge on any atom is 0.193 e. The van der Waals surface area contributed by atoms with E-state index in [0.717, 1.165) is 36.6 Å². The van der Waals surface area contributed by atoms with Gasteiger partial charge in [0.1, 0.15) is 5.75 Å². The maximum atomic E-state index is 6.00. The molecule has 6 heteroatoms. The van der Waals surface area contributed by atoms with Gasteiger partial charge in [0.05, 0.1) is 13.7 Å². The largest absolute Gasteiger partial charge is 0.497 e. The number of hydrogen-bond acceptors (Lipinski definition) is 3. The van der Waals surface area contributed by atoms with Crippen LogP contribution in [-0.4, -0.2) is 31.1 Å². The van der Waals surface area contributed by atoms with Crippen LogP contribution in [0.25, 0.3) is 0 Å². The van der Waals surface area contributed by atoms with Crippen molar-refractivity contribution in [3.63, 3.8) is 0 Å². The molecule has 0 atom stereocenters. The molecular weight excluding hydrogens is 439 g/mol. The van der Waals surface area contributed by atoms with E-state index >= 15 is 0 Å². The lowest BCUT2D eigenvalue weighted by atomic mass is 10.1. The summed E-state index contributed by atoms with van der Waals surface area (Å²) in [4.78, 5) is 6.82. The molecule has 0 spiro atoms. The number of halogens is 1. The highest BCUT2D eigenvalue weighted by molar-refractivity contribution is 14.0. The smallest absolute Gasteiger partial charge is 0.193 e. The van der Waals surface area contributed by atoms with E-state index in [2.05, 4.69) is 53.3 Å². The summed E-state index contributed by atoms with van der Waals surface area (Å²) in [6.07, 6.45) is 0. The summed E-state index contributed by atoms with van der Waals surface area (Å²) in [6, 6.07) is 16.1. The van der Waals surface area contributed by atoms with Crippen molar-refractivity contribution in [3.8, 4) is 5.75 Å². The van der Waals surface area contributed by atoms with Gasteiger partial charge in [-0.15, -0.1) is 24.0 Å². The standard InChI is InChI=1S/C20H28N4O.HI/c1-4-24(5-2)15-17-9-6-8-16(12-17)14-22-20(21)23-18-10-7-11-19(13-18)25-3;/h6-13H,4-5,14-15H2,1-3H3,(H3,21,22,23);1H. The van der Waals surface area contributed by atoms with Gasteiger partial charge < -0.3 is 15.8 Å². The van der Waals surface area contributed by atoms with Gasteiger partial charge in [0.25, 0.3) is 0 Å². The molecule has 26 heavy (non-hydrogen) atoms. The zero-order chi connectivity index (χ0) is 18.1. The second-order valence-corrected chi connectivity index (χ2v) is 5.84. The number of rotatable bonds is 8. The van der Waals surface area contributed by atoms with Gasteiger partial charge in [-0.3, -0.25) is 4.90 Å². The molecule has 0 aliphatic heterocycles. The Kier molecular flexibility index (Phi) is 10.0. The van der Waals surface area contributed by atoms with E-state index in [9.17, 15) is 0 Å². The molecule has 0 fully saturated rings. The molecule has 0 amide bonds. The topological polar surface area (TPSA) is 62.9 Å². The lowest BCUT2D eigenvalue weighted by Gasteiger charge is -2.18. The summed E-state index contributed by atoms with van der Waals surface area (Å²) < 4.78 is 5.20. The second-order valence-electron chi connectivity index (χ2n) is 5.84. The molecule has 0 saturated carbocycles. The first kappa shape index (κ1) is 22.2. The average molecular weight is 468 g/mol. The van der Waals surface area contributed by atoms with Crippen molar-refractivity contribution in [2.75, 3.05) is 25.5 Å². The van der Waals surface area contributed by atoms with Crippen LogP contribution in [0.5, 0.6) is 5.75 Å². The fourth-order valence-corrected chi connectivity index (χ4v) is 2.60. The second kappa shape index (κ2) is 11.7. The van der Waals surface area contributed by atoms with Crippen LogP contribution in [0.15, 0.2) is 53.5 Å². The minimum atomic E-state index is 0. The van der Waals surface area contributed by atoms with Crippen molar-refractivity contribution < 1.29 is 4.74 Å². The molecule has 0 saturated heterocycles. The first-order valence-corrected chi connectivity index (χ1v) is 8.65. The van der Waals surface area contributed by atoms with E-state index in [4.69, 9.17) is 10.5 Å². The van der Waals surface area contributed by atoms with Gasteiger partial charge in [-0.05, 0) is 36.3 Å². The Morgan fingerprint density at radius 1 is 1.08 bits per heavy atom. The summed E-state index contributed by atoms with van der Waals surface area (Å²) in [7, 11) is 1.64. The monoisotopic (exact) mass is 468 g/mol. The van der Waals surface area contributed by atoms with E-state index in [-0.39, 0.29) is 24.0 Å². The highest BCUT2D eigenvalue weighted by Crippen LogP contribution is 2.16. The zero-order valence-corrected chi connectivity index (χ0v) is 18.1. The van der Waals surface area contributed by atoms with Crippen LogP contribution in [0.3, 0.4) is 0 Å². The number of nitrogens with zero attached hydrogens (tertiary/aromatic N) is 2. The van der Waals surface area contributed by atoms with Gasteiger partial charge in [0, 0.05) is 18.3 Å². The molecule has 0 heterocycles. The first-order chi connectivity index (χ1) is 12.1. The maximum absolute atomic E-state index is 6.00. The lowest BCUT2D eigenvalue weighted by molar-refractivity contribution is 0.296. The Hall–Kier alpha value is -1.80. The van der Waals surface area contributed by atoms with Gasteiger partial charge in [0.2, 0.25) is 0 Å². The molecule has 0 aliphatic carbocycles. The Morgan fingerprint density at radius 3 is 2.46 bits per heavy atom. The molecule has 0 aliphatic rings. The molecule has 3 N–H and O–H groups in total. The van der Waals surface area contributed by atoms with Gasteiger partial charge in [-0.2, -0.15) is 0 Å². The number of methoxy groups -OCH3 is 1. The van der Waals surface area contributed by atoms with Crippen molar-refractivity contribution in [1.29, 1.82) is 0 Å². The van der Waals surface area contributed by atoms with Gasteiger partial charge >= 0.3 is 0 Å². The Morgan fingerprint density at radius 2 is 1.77 bits per heavy atom. The fraction of sp³-hybridized carbons (Fsp3) is 0.350. The number of nitrogens with two attached hydrogens (primary N) is 1. The van der Waals surface area contributed by atoms with Crippen molar-refractivity contribution in [2.45, 2.75) is 26.9 Å². The highest BCUT2D eigenvalue weighted by atomic mass is 127. The quantitative estimate of drug-likeness (QED) is 0.348. The van der Waals surface area contributed by atoms with Crippen molar-refractivity contribution >= 4 is 35.6 Å². The molecule has 0 aromatic heterocycles. The molecule has 0 radical (unpaired) electrons. The molecule has 142 valence electrons. The van der Waals surface area contributed by atoms with E-state index in [1.807, 2.05) is 24.3 Å². The van der Waals surface area contributed by atoms with Crippen molar-refractivity contribution in [2.24, 2.45) is 10.7 Å². The number of aliphatic imine (C=N–C) groups is 1. The van der Waals surface area contributed by atoms with Crippen LogP contribution in [0.2, 0.25) is 0 Å². The Labute approximate surface area is 173 Å². The fourth-order valence-electron chi connectivity index (χ4n) is 2.60. The average Bonchev–Trinajstić information content (AvgIpc) is 2.65. The van der Waals surface area contributed by atoms with E-state index in [0.29, 0.717) is 12.5 Å². The van der Waals surface area contributed by atoms with Crippen LogP contribution in [0, 0.1) is 0 Å². The summed E-state index contributed by atoms with van der Waals surface area (Å²) in [5, 5.41) is 3.09. The SMILES string of the molecule is CCN(CC)Cc1cccc(CN=C(N)Nc2cccc(OC)c2)c1.I. The summed E-state index contributed by atoms with van der Waals surface area (Å²) in [6.45, 7) is 7.98. The van der Waals surface area contributed by atoms with Gasteiger partial charge in [0.15, 0.2) is 5.96 Å². The summed E-state index contributed by atoms with van der Waals surface area (Å²) in [5.41, 5.74) is 9.31. The molecule has 2 aromatic rings. The normalized spacial score (nSPS) is 11.2. The van der Waals surface area contributed by atoms with Crippen molar-refractivity contribution in [3.05, 3.63) is 59.7 Å². The molecule has 5 nitrogen and oxygen atoms in total. The molecule has 2 rings (SSSR count). The van der Waals surface area contributed by atoms with E-state index in [1.54, 1.807) is 7.11 Å². The lowest BCUT2D eigenvalue weighted by Crippen LogP contribution is -2.23. The number of nitrogens with one attached hydrogen (secondary N) is 1. The number of hydrogen-bond donors (Lipinski definition) is 2. The van der Waals surface area contributed by atoms with Crippen LogP contribution >= 0.6 is 24.0 Å². The number of guanidine groups is 1. The van der Waals surface area contributed by atoms with Crippen LogP contribution < -0.4 is 15.8 Å². The highest BCUT2D eigenvalue weighted by Gasteiger charge is 2.02. The van der Waals surface area contributed by atoms with Gasteiger partial charge in [-0.25, -0.2) is 4.99 Å². The molecule has 0 unspecified atom stereocenters. The predicted octanol–water partition coefficient (Wildman–Crippen LogP) is 4.08. The van der Waals surface area contributed by atoms with Crippen molar-refractivity contribution in [1.82, 2.24) is 4.90 Å². The third-order valence-corrected chi connectivity index (χ3v) is 4.07. The van der Waals surface area contributed by atoms with E-state index < -0.39 is 0 Å². The minimum Gasteiger partial charge on any atom is -0.497 e. The van der Waals surface area contributed by atoms with Crippen LogP contribution in [0.4, 0.5) is 5.69 Å². The Bertz CT molecular complexity index is 702. The number of anilines is 1. The zero-order valence-electron chi connectivity index (χ0n) is 15.7. The summed E-state index contributed by atoms with van der Waals surface area (Å²) >= 11 is 0. The van der Waals surface area contributed by atoms with Crippen LogP contribution in [-0.2, 0) is 13.1 Å². The molecule has 0 bridgehead atoms. The number of ether oxygens (including phenoxy) is 1. The summed E-state index contributed by atoms with van der Waals surface area (Å²) in [5.74, 6) is 1.17. The third-order valence-electron chi connectivity index (χ3n) is 4.07.